The molecule has 110 valence electrons. The minimum Gasteiger partial charge on any atom is -0.399 e. The molecule has 6 nitrogen and oxygen atoms in total. The Bertz CT molecular complexity index is 479. The molecule has 0 radical (unpaired) electrons. The third kappa shape index (κ3) is 3.69. The summed E-state index contributed by atoms with van der Waals surface area (Å²) in [6.07, 6.45) is 0. The van der Waals surface area contributed by atoms with Gasteiger partial charge in [-0.05, 0) is 30.7 Å². The number of benzene rings is 1. The molecule has 1 atom stereocenters. The van der Waals surface area contributed by atoms with Crippen LogP contribution in [-0.4, -0.2) is 54.9 Å². The summed E-state index contributed by atoms with van der Waals surface area (Å²) in [6.45, 7) is 3.85. The van der Waals surface area contributed by atoms with Crippen molar-refractivity contribution in [2.24, 2.45) is 0 Å². The fraction of sp³-hybridized carbons (Fsp3) is 0.500. The van der Waals surface area contributed by atoms with Crippen LogP contribution in [-0.2, 0) is 9.53 Å². The molecule has 1 aromatic rings. The Morgan fingerprint density at radius 1 is 1.60 bits per heavy atom. The predicted molar refractivity (Wildman–Crippen MR) is 77.5 cm³/mol. The van der Waals surface area contributed by atoms with E-state index in [0.29, 0.717) is 25.4 Å². The minimum atomic E-state index is -0.109. The summed E-state index contributed by atoms with van der Waals surface area (Å²) in [6, 6.07) is 5.27. The van der Waals surface area contributed by atoms with Crippen LogP contribution in [0.3, 0.4) is 0 Å². The lowest BCUT2D eigenvalue weighted by molar-refractivity contribution is -0.120. The van der Waals surface area contributed by atoms with Gasteiger partial charge >= 0.3 is 0 Å². The van der Waals surface area contributed by atoms with Gasteiger partial charge in [0.05, 0.1) is 32.4 Å². The molecule has 0 spiro atoms. The molecule has 0 aliphatic carbocycles. The van der Waals surface area contributed by atoms with Crippen LogP contribution < -0.4 is 11.1 Å². The van der Waals surface area contributed by atoms with E-state index in [0.717, 1.165) is 11.3 Å². The maximum atomic E-state index is 12.1. The molecular formula is C14H21N3O3. The fourth-order valence-corrected chi connectivity index (χ4v) is 2.27. The normalized spacial score (nSPS) is 19.8. The van der Waals surface area contributed by atoms with E-state index in [1.165, 1.54) is 0 Å². The van der Waals surface area contributed by atoms with E-state index < -0.39 is 0 Å². The largest absolute Gasteiger partial charge is 0.399 e. The molecule has 6 heteroatoms. The molecule has 20 heavy (non-hydrogen) atoms. The Balaban J connectivity index is 1.94. The average Bonchev–Trinajstić information content (AvgIpc) is 2.42. The number of anilines is 2. The van der Waals surface area contributed by atoms with Crippen molar-refractivity contribution >= 4 is 17.3 Å². The Hall–Kier alpha value is -1.63. The van der Waals surface area contributed by atoms with Crippen LogP contribution in [0.2, 0.25) is 0 Å². The van der Waals surface area contributed by atoms with Crippen molar-refractivity contribution in [1.82, 2.24) is 4.90 Å². The number of carbonyl (C=O) groups is 1. The number of nitrogen functional groups attached to an aromatic ring is 1. The topological polar surface area (TPSA) is 87.8 Å². The molecule has 1 aliphatic heterocycles. The number of aliphatic hydroxyl groups excluding tert-OH is 1. The standard InChI is InChI=1S/C14H21N3O3/c1-10-6-11(15)2-3-13(10)16-14(19)7-17-4-5-20-9-12(17)8-18/h2-3,6,12,18H,4-5,7-9,15H2,1H3,(H,16,19). The van der Waals surface area contributed by atoms with Gasteiger partial charge in [0.2, 0.25) is 5.91 Å². The molecule has 1 saturated heterocycles. The van der Waals surface area contributed by atoms with Crippen molar-refractivity contribution < 1.29 is 14.6 Å². The highest BCUT2D eigenvalue weighted by Crippen LogP contribution is 2.17. The first-order chi connectivity index (χ1) is 9.60. The van der Waals surface area contributed by atoms with Crippen LogP contribution in [0.15, 0.2) is 18.2 Å². The first-order valence-corrected chi connectivity index (χ1v) is 6.69. The van der Waals surface area contributed by atoms with Crippen LogP contribution in [0.4, 0.5) is 11.4 Å². The molecule has 1 aromatic carbocycles. The summed E-state index contributed by atoms with van der Waals surface area (Å²) in [4.78, 5) is 14.0. The second kappa shape index (κ2) is 6.69. The third-order valence-corrected chi connectivity index (χ3v) is 3.43. The Morgan fingerprint density at radius 3 is 3.10 bits per heavy atom. The highest BCUT2D eigenvalue weighted by Gasteiger charge is 2.24. The van der Waals surface area contributed by atoms with Crippen LogP contribution in [0.25, 0.3) is 0 Å². The van der Waals surface area contributed by atoms with Gasteiger partial charge in [0.25, 0.3) is 0 Å². The molecular weight excluding hydrogens is 258 g/mol. The Kier molecular flexibility index (Phi) is 4.94. The number of nitrogens with one attached hydrogen (secondary N) is 1. The summed E-state index contributed by atoms with van der Waals surface area (Å²) in [5, 5.41) is 12.1. The summed E-state index contributed by atoms with van der Waals surface area (Å²) >= 11 is 0. The summed E-state index contributed by atoms with van der Waals surface area (Å²) < 4.78 is 5.29. The summed E-state index contributed by atoms with van der Waals surface area (Å²) in [5.41, 5.74) is 8.05. The number of morpholine rings is 1. The highest BCUT2D eigenvalue weighted by atomic mass is 16.5. The van der Waals surface area contributed by atoms with Gasteiger partial charge in [-0.3, -0.25) is 9.69 Å². The van der Waals surface area contributed by atoms with Crippen LogP contribution in [0.5, 0.6) is 0 Å². The number of ether oxygens (including phenoxy) is 1. The quantitative estimate of drug-likeness (QED) is 0.686. The number of amides is 1. The summed E-state index contributed by atoms with van der Waals surface area (Å²) in [7, 11) is 0. The van der Waals surface area contributed by atoms with Gasteiger partial charge in [-0.2, -0.15) is 0 Å². The van der Waals surface area contributed by atoms with Gasteiger partial charge < -0.3 is 20.9 Å². The molecule has 1 aliphatic rings. The van der Waals surface area contributed by atoms with Crippen molar-refractivity contribution in [2.75, 3.05) is 44.0 Å². The zero-order valence-corrected chi connectivity index (χ0v) is 11.6. The SMILES string of the molecule is Cc1cc(N)ccc1NC(=O)CN1CCOCC1CO. The van der Waals surface area contributed by atoms with E-state index in [1.807, 2.05) is 17.9 Å². The lowest BCUT2D eigenvalue weighted by atomic mass is 10.2. The third-order valence-electron chi connectivity index (χ3n) is 3.43. The second-order valence-corrected chi connectivity index (χ2v) is 5.00. The van der Waals surface area contributed by atoms with Crippen molar-refractivity contribution in [3.63, 3.8) is 0 Å². The zero-order chi connectivity index (χ0) is 14.5. The van der Waals surface area contributed by atoms with Crippen LogP contribution in [0, 0.1) is 6.92 Å². The van der Waals surface area contributed by atoms with E-state index in [1.54, 1.807) is 12.1 Å². The van der Waals surface area contributed by atoms with Gasteiger partial charge in [0.15, 0.2) is 0 Å². The van der Waals surface area contributed by atoms with Crippen molar-refractivity contribution in [2.45, 2.75) is 13.0 Å². The molecule has 1 heterocycles. The first kappa shape index (κ1) is 14.8. The molecule has 1 amide bonds. The van der Waals surface area contributed by atoms with Gasteiger partial charge in [-0.15, -0.1) is 0 Å². The Morgan fingerprint density at radius 2 is 2.40 bits per heavy atom. The fourth-order valence-electron chi connectivity index (χ4n) is 2.27. The average molecular weight is 279 g/mol. The van der Waals surface area contributed by atoms with E-state index in [-0.39, 0.29) is 25.1 Å². The Labute approximate surface area is 118 Å². The van der Waals surface area contributed by atoms with E-state index in [4.69, 9.17) is 10.5 Å². The monoisotopic (exact) mass is 279 g/mol. The number of rotatable bonds is 4. The van der Waals surface area contributed by atoms with Gasteiger partial charge in [-0.25, -0.2) is 0 Å². The molecule has 2 rings (SSSR count). The second-order valence-electron chi connectivity index (χ2n) is 5.00. The molecule has 4 N–H and O–H groups in total. The van der Waals surface area contributed by atoms with Crippen LogP contribution in [0.1, 0.15) is 5.56 Å². The summed E-state index contributed by atoms with van der Waals surface area (Å²) in [5.74, 6) is -0.0989. The number of nitrogens with two attached hydrogens (primary N) is 1. The van der Waals surface area contributed by atoms with Gasteiger partial charge in [0, 0.05) is 17.9 Å². The van der Waals surface area contributed by atoms with Crippen molar-refractivity contribution in [1.29, 1.82) is 0 Å². The molecule has 0 saturated carbocycles. The van der Waals surface area contributed by atoms with Gasteiger partial charge in [0.1, 0.15) is 0 Å². The maximum absolute atomic E-state index is 12.1. The molecule has 1 fully saturated rings. The van der Waals surface area contributed by atoms with E-state index >= 15 is 0 Å². The highest BCUT2D eigenvalue weighted by molar-refractivity contribution is 5.93. The number of hydrogen-bond acceptors (Lipinski definition) is 5. The number of aryl methyl sites for hydroxylation is 1. The number of hydrogen-bond donors (Lipinski definition) is 3. The lowest BCUT2D eigenvalue weighted by Gasteiger charge is -2.33. The minimum absolute atomic E-state index is 0.00578. The smallest absolute Gasteiger partial charge is 0.238 e. The van der Waals surface area contributed by atoms with Crippen molar-refractivity contribution in [3.8, 4) is 0 Å². The van der Waals surface area contributed by atoms with Crippen LogP contribution >= 0.6 is 0 Å². The predicted octanol–water partition coefficient (Wildman–Crippen LogP) is 0.209. The van der Waals surface area contributed by atoms with E-state index in [2.05, 4.69) is 5.32 Å². The lowest BCUT2D eigenvalue weighted by Crippen LogP contribution is -2.50. The van der Waals surface area contributed by atoms with E-state index in [9.17, 15) is 9.90 Å². The number of nitrogens with zero attached hydrogens (tertiary/aromatic N) is 1. The van der Waals surface area contributed by atoms with Crippen molar-refractivity contribution in [3.05, 3.63) is 23.8 Å². The number of aliphatic hydroxyl groups is 1. The molecule has 1 unspecified atom stereocenters. The molecule has 0 bridgehead atoms. The zero-order valence-electron chi connectivity index (χ0n) is 11.6. The van der Waals surface area contributed by atoms with Gasteiger partial charge in [-0.1, -0.05) is 0 Å². The number of carbonyl (C=O) groups excluding carboxylic acids is 1. The maximum Gasteiger partial charge on any atom is 0.238 e. The first-order valence-electron chi connectivity index (χ1n) is 6.69. The molecule has 0 aromatic heterocycles.